The molecule has 0 saturated carbocycles. The zero-order valence-electron chi connectivity index (χ0n) is 10.2. The van der Waals surface area contributed by atoms with Gasteiger partial charge < -0.3 is 14.7 Å². The van der Waals surface area contributed by atoms with E-state index in [2.05, 4.69) is 0 Å². The number of hydrogen-bond acceptors (Lipinski definition) is 3. The third kappa shape index (κ3) is 4.20. The van der Waals surface area contributed by atoms with Gasteiger partial charge in [-0.2, -0.15) is 0 Å². The molecule has 0 aromatic heterocycles. The molecule has 1 aromatic carbocycles. The van der Waals surface area contributed by atoms with Gasteiger partial charge in [0.25, 0.3) is 5.92 Å². The molecule has 0 atom stereocenters. The number of nitrogens with zero attached hydrogens (tertiary/aromatic N) is 1. The molecule has 0 aliphatic heterocycles. The van der Waals surface area contributed by atoms with E-state index in [1.807, 2.05) is 0 Å². The minimum atomic E-state index is -3.26. The SMILES string of the molecule is COc1ccc(N(C)CC(F)(F)CC(=O)O)cc1. The largest absolute Gasteiger partial charge is 0.497 e. The smallest absolute Gasteiger partial charge is 0.309 e. The quantitative estimate of drug-likeness (QED) is 0.851. The van der Waals surface area contributed by atoms with Crippen molar-refractivity contribution in [1.29, 1.82) is 0 Å². The number of ether oxygens (including phenoxy) is 1. The molecule has 0 saturated heterocycles. The number of benzene rings is 1. The molecular formula is C12H15F2NO3. The zero-order chi connectivity index (χ0) is 13.8. The Kier molecular flexibility index (Phi) is 4.47. The van der Waals surface area contributed by atoms with E-state index < -0.39 is 24.9 Å². The molecule has 0 spiro atoms. The molecule has 1 aromatic rings. The highest BCUT2D eigenvalue weighted by Gasteiger charge is 2.33. The Balaban J connectivity index is 2.68. The van der Waals surface area contributed by atoms with Gasteiger partial charge in [0.1, 0.15) is 12.2 Å². The molecule has 1 rings (SSSR count). The maximum atomic E-state index is 13.3. The first-order valence-electron chi connectivity index (χ1n) is 5.29. The van der Waals surface area contributed by atoms with Crippen molar-refractivity contribution in [1.82, 2.24) is 0 Å². The van der Waals surface area contributed by atoms with Crippen LogP contribution in [0.2, 0.25) is 0 Å². The Bertz CT molecular complexity index is 406. The fraction of sp³-hybridized carbons (Fsp3) is 0.417. The van der Waals surface area contributed by atoms with Crippen molar-refractivity contribution in [3.8, 4) is 5.75 Å². The number of anilines is 1. The first kappa shape index (κ1) is 14.2. The third-order valence-corrected chi connectivity index (χ3v) is 2.39. The Morgan fingerprint density at radius 3 is 2.39 bits per heavy atom. The van der Waals surface area contributed by atoms with Gasteiger partial charge in [-0.1, -0.05) is 0 Å². The predicted molar refractivity (Wildman–Crippen MR) is 63.5 cm³/mol. The van der Waals surface area contributed by atoms with Crippen LogP contribution in [0.3, 0.4) is 0 Å². The second-order valence-electron chi connectivity index (χ2n) is 3.98. The third-order valence-electron chi connectivity index (χ3n) is 2.39. The maximum Gasteiger partial charge on any atom is 0.309 e. The number of carboxylic acid groups (broad SMARTS) is 1. The van der Waals surface area contributed by atoms with Crippen LogP contribution in [-0.2, 0) is 4.79 Å². The van der Waals surface area contributed by atoms with Gasteiger partial charge in [0.15, 0.2) is 0 Å². The van der Waals surface area contributed by atoms with Crippen LogP contribution in [0.1, 0.15) is 6.42 Å². The number of aliphatic carboxylic acids is 1. The molecule has 100 valence electrons. The van der Waals surface area contributed by atoms with Gasteiger partial charge in [0.05, 0.1) is 13.7 Å². The summed E-state index contributed by atoms with van der Waals surface area (Å²) in [5.74, 6) is -4.15. The fourth-order valence-corrected chi connectivity index (χ4v) is 1.55. The van der Waals surface area contributed by atoms with Gasteiger partial charge in [0.2, 0.25) is 0 Å². The van der Waals surface area contributed by atoms with Crippen molar-refractivity contribution in [3.63, 3.8) is 0 Å². The van der Waals surface area contributed by atoms with E-state index in [9.17, 15) is 13.6 Å². The molecule has 0 bridgehead atoms. The fourth-order valence-electron chi connectivity index (χ4n) is 1.55. The van der Waals surface area contributed by atoms with Gasteiger partial charge in [0, 0.05) is 12.7 Å². The molecular weight excluding hydrogens is 244 g/mol. The monoisotopic (exact) mass is 259 g/mol. The van der Waals surface area contributed by atoms with Gasteiger partial charge in [-0.25, -0.2) is 8.78 Å². The molecule has 0 heterocycles. The summed E-state index contributed by atoms with van der Waals surface area (Å²) in [6, 6.07) is 6.58. The second kappa shape index (κ2) is 5.66. The van der Waals surface area contributed by atoms with Crippen molar-refractivity contribution in [2.45, 2.75) is 12.3 Å². The van der Waals surface area contributed by atoms with E-state index in [1.54, 1.807) is 24.3 Å². The van der Waals surface area contributed by atoms with Crippen LogP contribution >= 0.6 is 0 Å². The molecule has 6 heteroatoms. The molecule has 0 aliphatic rings. The lowest BCUT2D eigenvalue weighted by Gasteiger charge is -2.24. The van der Waals surface area contributed by atoms with Crippen molar-refractivity contribution < 1.29 is 23.4 Å². The zero-order valence-corrected chi connectivity index (χ0v) is 10.2. The van der Waals surface area contributed by atoms with E-state index in [0.29, 0.717) is 11.4 Å². The highest BCUT2D eigenvalue weighted by Crippen LogP contribution is 2.24. The lowest BCUT2D eigenvalue weighted by molar-refractivity contribution is -0.144. The molecule has 0 fully saturated rings. The summed E-state index contributed by atoms with van der Waals surface area (Å²) in [5, 5.41) is 8.39. The average molecular weight is 259 g/mol. The van der Waals surface area contributed by atoms with Crippen LogP contribution in [0.5, 0.6) is 5.75 Å². The lowest BCUT2D eigenvalue weighted by atomic mass is 10.2. The minimum Gasteiger partial charge on any atom is -0.497 e. The van der Waals surface area contributed by atoms with Crippen molar-refractivity contribution in [3.05, 3.63) is 24.3 Å². The van der Waals surface area contributed by atoms with Crippen LogP contribution in [-0.4, -0.2) is 37.7 Å². The van der Waals surface area contributed by atoms with E-state index in [0.717, 1.165) is 0 Å². The average Bonchev–Trinajstić information content (AvgIpc) is 2.26. The van der Waals surface area contributed by atoms with E-state index >= 15 is 0 Å². The Labute approximate surface area is 104 Å². The molecule has 1 N–H and O–H groups in total. The van der Waals surface area contributed by atoms with E-state index in [-0.39, 0.29) is 0 Å². The highest BCUT2D eigenvalue weighted by molar-refractivity contribution is 5.68. The Morgan fingerprint density at radius 2 is 1.94 bits per heavy atom. The van der Waals surface area contributed by atoms with Gasteiger partial charge in [-0.05, 0) is 24.3 Å². The molecule has 18 heavy (non-hydrogen) atoms. The number of methoxy groups -OCH3 is 1. The molecule has 4 nitrogen and oxygen atoms in total. The van der Waals surface area contributed by atoms with Gasteiger partial charge >= 0.3 is 5.97 Å². The molecule has 0 amide bonds. The molecule has 0 radical (unpaired) electrons. The summed E-state index contributed by atoms with van der Waals surface area (Å²) in [4.78, 5) is 11.6. The van der Waals surface area contributed by atoms with Crippen LogP contribution in [0.25, 0.3) is 0 Å². The second-order valence-corrected chi connectivity index (χ2v) is 3.98. The standard InChI is InChI=1S/C12H15F2NO3/c1-15(8-12(13,14)7-11(16)17)9-3-5-10(18-2)6-4-9/h3-6H,7-8H2,1-2H3,(H,16,17). The first-order chi connectivity index (χ1) is 8.34. The number of rotatable bonds is 6. The number of halogens is 2. The molecule has 0 aliphatic carbocycles. The summed E-state index contributed by atoms with van der Waals surface area (Å²) in [5.41, 5.74) is 0.570. The van der Waals surface area contributed by atoms with Crippen molar-refractivity contribution in [2.24, 2.45) is 0 Å². The predicted octanol–water partition coefficient (Wildman–Crippen LogP) is 2.24. The van der Waals surface area contributed by atoms with Crippen LogP contribution in [0.15, 0.2) is 24.3 Å². The Morgan fingerprint density at radius 1 is 1.39 bits per heavy atom. The normalized spacial score (nSPS) is 11.1. The number of carbonyl (C=O) groups is 1. The summed E-state index contributed by atoms with van der Waals surface area (Å²) in [6.45, 7) is -0.647. The van der Waals surface area contributed by atoms with E-state index in [4.69, 9.17) is 9.84 Å². The van der Waals surface area contributed by atoms with Crippen molar-refractivity contribution >= 4 is 11.7 Å². The topological polar surface area (TPSA) is 49.8 Å². The summed E-state index contributed by atoms with van der Waals surface area (Å²) in [7, 11) is 3.00. The van der Waals surface area contributed by atoms with Gasteiger partial charge in [-0.3, -0.25) is 4.79 Å². The first-order valence-corrected chi connectivity index (χ1v) is 5.29. The van der Waals surface area contributed by atoms with Gasteiger partial charge in [-0.15, -0.1) is 0 Å². The summed E-state index contributed by atoms with van der Waals surface area (Å²) >= 11 is 0. The lowest BCUT2D eigenvalue weighted by Crippen LogP contribution is -2.36. The minimum absolute atomic E-state index is 0.570. The van der Waals surface area contributed by atoms with Crippen molar-refractivity contribution in [2.75, 3.05) is 25.6 Å². The number of alkyl halides is 2. The number of carboxylic acids is 1. The summed E-state index contributed by atoms with van der Waals surface area (Å²) in [6.07, 6.45) is -1.17. The summed E-state index contributed by atoms with van der Waals surface area (Å²) < 4.78 is 31.6. The maximum absolute atomic E-state index is 13.3. The van der Waals surface area contributed by atoms with E-state index in [1.165, 1.54) is 19.1 Å². The Hall–Kier alpha value is -1.85. The van der Waals surface area contributed by atoms with Crippen LogP contribution in [0.4, 0.5) is 14.5 Å². The molecule has 0 unspecified atom stereocenters. The number of hydrogen-bond donors (Lipinski definition) is 1. The highest BCUT2D eigenvalue weighted by atomic mass is 19.3. The van der Waals surface area contributed by atoms with Crippen LogP contribution < -0.4 is 9.64 Å². The van der Waals surface area contributed by atoms with Crippen LogP contribution in [0, 0.1) is 0 Å².